The van der Waals surface area contributed by atoms with Crippen LogP contribution in [0.1, 0.15) is 26.7 Å². The Kier molecular flexibility index (Phi) is 8.00. The van der Waals surface area contributed by atoms with E-state index in [0.717, 1.165) is 31.6 Å². The Labute approximate surface area is 127 Å². The second-order valence-electron chi connectivity index (χ2n) is 5.51. The average molecular weight is 296 g/mol. The van der Waals surface area contributed by atoms with Gasteiger partial charge in [-0.15, -0.1) is 0 Å². The fourth-order valence-corrected chi connectivity index (χ4v) is 1.94. The maximum absolute atomic E-state index is 12.0. The Bertz CT molecular complexity index is 459. The Hall–Kier alpha value is -1.40. The van der Waals surface area contributed by atoms with Crippen LogP contribution in [0.15, 0.2) is 17.1 Å². The molecule has 0 saturated carbocycles. The highest BCUT2D eigenvalue weighted by molar-refractivity contribution is 5.41. The molecule has 0 amide bonds. The van der Waals surface area contributed by atoms with E-state index in [0.29, 0.717) is 19.2 Å². The molecule has 120 valence electrons. The van der Waals surface area contributed by atoms with Gasteiger partial charge in [-0.05, 0) is 19.4 Å². The number of aryl methyl sites for hydroxylation is 1. The zero-order valence-electron chi connectivity index (χ0n) is 13.6. The topological polar surface area (TPSA) is 59.4 Å². The normalized spacial score (nSPS) is 11.1. The molecule has 0 saturated heterocycles. The number of unbranched alkanes of at least 4 members (excludes halogenated alkanes) is 1. The van der Waals surface area contributed by atoms with Crippen molar-refractivity contribution in [2.75, 3.05) is 38.8 Å². The van der Waals surface area contributed by atoms with Crippen molar-refractivity contribution in [1.82, 2.24) is 15.1 Å². The predicted molar refractivity (Wildman–Crippen MR) is 86.0 cm³/mol. The number of anilines is 1. The van der Waals surface area contributed by atoms with E-state index >= 15 is 0 Å². The molecule has 0 aromatic carbocycles. The summed E-state index contributed by atoms with van der Waals surface area (Å²) >= 11 is 0. The van der Waals surface area contributed by atoms with Crippen molar-refractivity contribution in [3.05, 3.63) is 22.6 Å². The van der Waals surface area contributed by atoms with E-state index < -0.39 is 0 Å². The molecule has 1 heterocycles. The van der Waals surface area contributed by atoms with Gasteiger partial charge in [-0.2, -0.15) is 5.10 Å². The molecule has 0 bridgehead atoms. The van der Waals surface area contributed by atoms with Crippen LogP contribution >= 0.6 is 0 Å². The van der Waals surface area contributed by atoms with Gasteiger partial charge < -0.3 is 15.0 Å². The lowest BCUT2D eigenvalue weighted by molar-refractivity contribution is 0.206. The zero-order chi connectivity index (χ0) is 15.7. The number of hydrogen-bond donors (Lipinski definition) is 1. The standard InChI is InChI=1S/C15H28N4O2/c1-13(2)16-7-5-6-8-19-15(20)11-14(12-17-19)18(3)9-10-21-4/h11-13,16H,5-10H2,1-4H3. The van der Waals surface area contributed by atoms with E-state index in [-0.39, 0.29) is 5.56 Å². The van der Waals surface area contributed by atoms with Crippen LogP contribution < -0.4 is 15.8 Å². The smallest absolute Gasteiger partial charge is 0.268 e. The van der Waals surface area contributed by atoms with Crippen molar-refractivity contribution >= 4 is 5.69 Å². The summed E-state index contributed by atoms with van der Waals surface area (Å²) < 4.78 is 6.56. The molecule has 1 aromatic rings. The number of hydrogen-bond acceptors (Lipinski definition) is 5. The Morgan fingerprint density at radius 1 is 1.43 bits per heavy atom. The van der Waals surface area contributed by atoms with Crippen molar-refractivity contribution < 1.29 is 4.74 Å². The Balaban J connectivity index is 2.45. The Morgan fingerprint density at radius 3 is 2.81 bits per heavy atom. The first-order valence-electron chi connectivity index (χ1n) is 7.55. The van der Waals surface area contributed by atoms with Crippen LogP contribution in [-0.2, 0) is 11.3 Å². The summed E-state index contributed by atoms with van der Waals surface area (Å²) in [5, 5.41) is 7.61. The highest BCUT2D eigenvalue weighted by atomic mass is 16.5. The third-order valence-corrected chi connectivity index (χ3v) is 3.28. The molecular weight excluding hydrogens is 268 g/mol. The molecule has 0 unspecified atom stereocenters. The number of methoxy groups -OCH3 is 1. The van der Waals surface area contributed by atoms with Crippen molar-refractivity contribution in [3.63, 3.8) is 0 Å². The van der Waals surface area contributed by atoms with E-state index in [9.17, 15) is 4.79 Å². The van der Waals surface area contributed by atoms with Gasteiger partial charge in [0.1, 0.15) is 0 Å². The van der Waals surface area contributed by atoms with Gasteiger partial charge in [0.25, 0.3) is 5.56 Å². The molecule has 0 aliphatic carbocycles. The highest BCUT2D eigenvalue weighted by Gasteiger charge is 2.04. The summed E-state index contributed by atoms with van der Waals surface area (Å²) in [4.78, 5) is 14.0. The monoisotopic (exact) mass is 296 g/mol. The minimum atomic E-state index is -0.0476. The number of likely N-dealkylation sites (N-methyl/N-ethyl adjacent to an activating group) is 1. The number of nitrogens with one attached hydrogen (secondary N) is 1. The lowest BCUT2D eigenvalue weighted by atomic mass is 10.3. The van der Waals surface area contributed by atoms with Gasteiger partial charge in [0, 0.05) is 39.4 Å². The number of nitrogens with zero attached hydrogens (tertiary/aromatic N) is 3. The van der Waals surface area contributed by atoms with Crippen LogP contribution in [0.3, 0.4) is 0 Å². The minimum Gasteiger partial charge on any atom is -0.383 e. The summed E-state index contributed by atoms with van der Waals surface area (Å²) in [6, 6.07) is 2.14. The van der Waals surface area contributed by atoms with Crippen molar-refractivity contribution in [3.8, 4) is 0 Å². The summed E-state index contributed by atoms with van der Waals surface area (Å²) in [5.74, 6) is 0. The highest BCUT2D eigenvalue weighted by Crippen LogP contribution is 2.06. The molecule has 0 fully saturated rings. The molecule has 1 N–H and O–H groups in total. The van der Waals surface area contributed by atoms with Crippen LogP contribution in [0.4, 0.5) is 5.69 Å². The maximum Gasteiger partial charge on any atom is 0.268 e. The summed E-state index contributed by atoms with van der Waals surface area (Å²) in [5.41, 5.74) is 0.781. The zero-order valence-corrected chi connectivity index (χ0v) is 13.6. The lowest BCUT2D eigenvalue weighted by Gasteiger charge is -2.18. The molecule has 21 heavy (non-hydrogen) atoms. The van der Waals surface area contributed by atoms with Gasteiger partial charge in [-0.3, -0.25) is 4.79 Å². The van der Waals surface area contributed by atoms with Gasteiger partial charge in [0.15, 0.2) is 0 Å². The molecule has 1 rings (SSSR count). The fraction of sp³-hybridized carbons (Fsp3) is 0.733. The second kappa shape index (κ2) is 9.52. The minimum absolute atomic E-state index is 0.0476. The largest absolute Gasteiger partial charge is 0.383 e. The van der Waals surface area contributed by atoms with Gasteiger partial charge in [-0.25, -0.2) is 4.68 Å². The molecule has 0 aliphatic rings. The molecule has 0 spiro atoms. The molecule has 0 atom stereocenters. The third-order valence-electron chi connectivity index (χ3n) is 3.28. The fourth-order valence-electron chi connectivity index (χ4n) is 1.94. The molecule has 0 aliphatic heterocycles. The van der Waals surface area contributed by atoms with Crippen LogP contribution in [0.2, 0.25) is 0 Å². The molecule has 6 heteroatoms. The SMILES string of the molecule is COCCN(C)c1cnn(CCCCNC(C)C)c(=O)c1. The number of ether oxygens (including phenoxy) is 1. The van der Waals surface area contributed by atoms with E-state index in [4.69, 9.17) is 4.74 Å². The van der Waals surface area contributed by atoms with E-state index in [1.54, 1.807) is 19.4 Å². The van der Waals surface area contributed by atoms with E-state index in [1.165, 1.54) is 4.68 Å². The van der Waals surface area contributed by atoms with Gasteiger partial charge >= 0.3 is 0 Å². The predicted octanol–water partition coefficient (Wildman–Crippen LogP) is 1.10. The van der Waals surface area contributed by atoms with Gasteiger partial charge in [-0.1, -0.05) is 13.8 Å². The van der Waals surface area contributed by atoms with Crippen molar-refractivity contribution in [2.24, 2.45) is 0 Å². The molecule has 1 aromatic heterocycles. The van der Waals surface area contributed by atoms with Crippen molar-refractivity contribution in [2.45, 2.75) is 39.3 Å². The first-order valence-corrected chi connectivity index (χ1v) is 7.55. The average Bonchev–Trinajstić information content (AvgIpc) is 2.45. The van der Waals surface area contributed by atoms with Crippen LogP contribution in [0.5, 0.6) is 0 Å². The molecule has 6 nitrogen and oxygen atoms in total. The van der Waals surface area contributed by atoms with Crippen LogP contribution in [-0.4, -0.2) is 49.7 Å². The lowest BCUT2D eigenvalue weighted by Crippen LogP contribution is -2.28. The van der Waals surface area contributed by atoms with Gasteiger partial charge in [0.05, 0.1) is 18.5 Å². The van der Waals surface area contributed by atoms with E-state index in [2.05, 4.69) is 24.3 Å². The third kappa shape index (κ3) is 6.73. The molecule has 0 radical (unpaired) electrons. The van der Waals surface area contributed by atoms with Crippen LogP contribution in [0, 0.1) is 0 Å². The summed E-state index contributed by atoms with van der Waals surface area (Å²) in [6.45, 7) is 7.27. The Morgan fingerprint density at radius 2 is 2.19 bits per heavy atom. The maximum atomic E-state index is 12.0. The first kappa shape index (κ1) is 17.7. The number of aromatic nitrogens is 2. The van der Waals surface area contributed by atoms with Crippen LogP contribution in [0.25, 0.3) is 0 Å². The second-order valence-corrected chi connectivity index (χ2v) is 5.51. The van der Waals surface area contributed by atoms with Crippen molar-refractivity contribution in [1.29, 1.82) is 0 Å². The molecular formula is C15H28N4O2. The van der Waals surface area contributed by atoms with Gasteiger partial charge in [0.2, 0.25) is 0 Å². The van der Waals surface area contributed by atoms with E-state index in [1.807, 2.05) is 11.9 Å². The summed E-state index contributed by atoms with van der Waals surface area (Å²) in [6.07, 6.45) is 3.73. The number of rotatable bonds is 10. The first-order chi connectivity index (χ1) is 10.0. The summed E-state index contributed by atoms with van der Waals surface area (Å²) in [7, 11) is 3.59. The quantitative estimate of drug-likeness (QED) is 0.655.